The van der Waals surface area contributed by atoms with Crippen molar-refractivity contribution in [3.05, 3.63) is 39.8 Å². The molecule has 0 aliphatic carbocycles. The van der Waals surface area contributed by atoms with Gasteiger partial charge < -0.3 is 4.90 Å². The van der Waals surface area contributed by atoms with Gasteiger partial charge in [-0.25, -0.2) is 0 Å². The number of hydrogen-bond donors (Lipinski definition) is 0. The van der Waals surface area contributed by atoms with Crippen molar-refractivity contribution >= 4 is 17.2 Å². The molecule has 1 atom stereocenters. The zero-order valence-corrected chi connectivity index (χ0v) is 11.9. The molecule has 1 saturated heterocycles. The molecule has 1 fully saturated rings. The van der Waals surface area contributed by atoms with E-state index in [2.05, 4.69) is 11.2 Å². The monoisotopic (exact) mass is 286 g/mol. The van der Waals surface area contributed by atoms with Crippen LogP contribution in [0.25, 0.3) is 0 Å². The van der Waals surface area contributed by atoms with Crippen LogP contribution in [0.3, 0.4) is 0 Å². The molecule has 5 nitrogen and oxygen atoms in total. The Morgan fingerprint density at radius 1 is 1.60 bits per heavy atom. The van der Waals surface area contributed by atoms with E-state index >= 15 is 0 Å². The number of aryl methyl sites for hydroxylation is 1. The molecule has 3 heterocycles. The lowest BCUT2D eigenvalue weighted by Gasteiger charge is -2.23. The quantitative estimate of drug-likeness (QED) is 0.851. The number of carbonyl (C=O) groups is 1. The Kier molecular flexibility index (Phi) is 3.28. The van der Waals surface area contributed by atoms with Crippen LogP contribution in [0.4, 0.5) is 0 Å². The van der Waals surface area contributed by atoms with Gasteiger partial charge in [0.15, 0.2) is 0 Å². The number of nitriles is 1. The molecule has 0 saturated carbocycles. The van der Waals surface area contributed by atoms with E-state index in [9.17, 15) is 4.79 Å². The second-order valence-electron chi connectivity index (χ2n) is 4.88. The van der Waals surface area contributed by atoms with E-state index in [1.165, 1.54) is 11.3 Å². The maximum absolute atomic E-state index is 12.6. The predicted molar refractivity (Wildman–Crippen MR) is 75.3 cm³/mol. The lowest BCUT2D eigenvalue weighted by Crippen LogP contribution is -2.30. The molecule has 2 aromatic heterocycles. The molecule has 1 aliphatic rings. The normalized spacial score (nSPS) is 18.2. The summed E-state index contributed by atoms with van der Waals surface area (Å²) in [7, 11) is 1.87. The molecule has 1 aliphatic heterocycles. The number of thiophene rings is 1. The van der Waals surface area contributed by atoms with E-state index < -0.39 is 0 Å². The van der Waals surface area contributed by atoms with Gasteiger partial charge in [0.05, 0.1) is 17.8 Å². The molecule has 1 amide bonds. The summed E-state index contributed by atoms with van der Waals surface area (Å²) in [5, 5.41) is 15.0. The number of rotatable bonds is 2. The molecule has 0 radical (unpaired) electrons. The lowest BCUT2D eigenvalue weighted by molar-refractivity contribution is 0.0740. The smallest absolute Gasteiger partial charge is 0.265 e. The summed E-state index contributed by atoms with van der Waals surface area (Å²) in [6.45, 7) is 0.737. The van der Waals surface area contributed by atoms with Crippen LogP contribution in [-0.4, -0.2) is 27.1 Å². The Morgan fingerprint density at radius 2 is 2.45 bits per heavy atom. The number of amides is 1. The minimum Gasteiger partial charge on any atom is -0.331 e. The number of carbonyl (C=O) groups excluding carboxylic acids is 1. The van der Waals surface area contributed by atoms with Gasteiger partial charge in [0.2, 0.25) is 0 Å². The van der Waals surface area contributed by atoms with E-state index in [1.807, 2.05) is 24.3 Å². The van der Waals surface area contributed by atoms with E-state index in [0.29, 0.717) is 10.4 Å². The first-order valence-corrected chi connectivity index (χ1v) is 7.36. The molecule has 20 heavy (non-hydrogen) atoms. The van der Waals surface area contributed by atoms with Crippen LogP contribution >= 0.6 is 11.3 Å². The van der Waals surface area contributed by atoms with Crippen molar-refractivity contribution in [3.8, 4) is 6.07 Å². The van der Waals surface area contributed by atoms with Gasteiger partial charge >= 0.3 is 0 Å². The molecular weight excluding hydrogens is 272 g/mol. The van der Waals surface area contributed by atoms with Crippen LogP contribution < -0.4 is 0 Å². The molecule has 0 unspecified atom stereocenters. The average Bonchev–Trinajstić information content (AvgIpc) is 3.17. The van der Waals surface area contributed by atoms with Crippen molar-refractivity contribution in [1.82, 2.24) is 14.7 Å². The third kappa shape index (κ3) is 2.10. The van der Waals surface area contributed by atoms with Gasteiger partial charge in [0.25, 0.3) is 5.91 Å². The van der Waals surface area contributed by atoms with Gasteiger partial charge in [-0.2, -0.15) is 10.4 Å². The van der Waals surface area contributed by atoms with Crippen molar-refractivity contribution in [2.45, 2.75) is 18.9 Å². The third-order valence-corrected chi connectivity index (χ3v) is 4.51. The van der Waals surface area contributed by atoms with E-state index in [-0.39, 0.29) is 11.9 Å². The zero-order valence-electron chi connectivity index (χ0n) is 11.1. The molecule has 2 aromatic rings. The highest BCUT2D eigenvalue weighted by molar-refractivity contribution is 7.12. The molecule has 3 rings (SSSR count). The lowest BCUT2D eigenvalue weighted by atomic mass is 10.1. The minimum atomic E-state index is -0.0390. The van der Waals surface area contributed by atoms with Crippen LogP contribution in [0.2, 0.25) is 0 Å². The van der Waals surface area contributed by atoms with Gasteiger partial charge in [0.1, 0.15) is 10.9 Å². The summed E-state index contributed by atoms with van der Waals surface area (Å²) in [6, 6.07) is 3.86. The van der Waals surface area contributed by atoms with Gasteiger partial charge in [-0.15, -0.1) is 11.3 Å². The molecule has 102 valence electrons. The highest BCUT2D eigenvalue weighted by atomic mass is 32.1. The number of likely N-dealkylation sites (tertiary alicyclic amines) is 1. The summed E-state index contributed by atoms with van der Waals surface area (Å²) in [6.07, 6.45) is 5.70. The topological polar surface area (TPSA) is 61.9 Å². The first kappa shape index (κ1) is 12.9. The second kappa shape index (κ2) is 5.10. The number of nitrogens with zero attached hydrogens (tertiary/aromatic N) is 4. The minimum absolute atomic E-state index is 0.0390. The maximum Gasteiger partial charge on any atom is 0.265 e. The maximum atomic E-state index is 12.6. The average molecular weight is 286 g/mol. The van der Waals surface area contributed by atoms with Crippen molar-refractivity contribution in [3.63, 3.8) is 0 Å². The third-order valence-electron chi connectivity index (χ3n) is 3.60. The Bertz CT molecular complexity index is 681. The molecule has 0 bridgehead atoms. The van der Waals surface area contributed by atoms with Gasteiger partial charge in [-0.1, -0.05) is 0 Å². The fourth-order valence-electron chi connectivity index (χ4n) is 2.66. The summed E-state index contributed by atoms with van der Waals surface area (Å²) in [4.78, 5) is 15.0. The van der Waals surface area contributed by atoms with Gasteiger partial charge in [0, 0.05) is 25.4 Å². The summed E-state index contributed by atoms with van der Waals surface area (Å²) >= 11 is 1.34. The fraction of sp³-hybridized carbons (Fsp3) is 0.357. The first-order chi connectivity index (χ1) is 9.70. The van der Waals surface area contributed by atoms with Crippen molar-refractivity contribution in [1.29, 1.82) is 5.26 Å². The van der Waals surface area contributed by atoms with Crippen molar-refractivity contribution in [2.24, 2.45) is 7.05 Å². The fourth-order valence-corrected chi connectivity index (χ4v) is 3.46. The van der Waals surface area contributed by atoms with Gasteiger partial charge in [-0.05, 0) is 24.3 Å². The van der Waals surface area contributed by atoms with E-state index in [1.54, 1.807) is 16.1 Å². The molecule has 0 N–H and O–H groups in total. The van der Waals surface area contributed by atoms with Crippen molar-refractivity contribution < 1.29 is 4.79 Å². The Hall–Kier alpha value is -2.13. The summed E-state index contributed by atoms with van der Waals surface area (Å²) in [5.74, 6) is -0.0390. The molecule has 6 heteroatoms. The van der Waals surface area contributed by atoms with Crippen LogP contribution in [0.5, 0.6) is 0 Å². The SMILES string of the molecule is Cn1cc([C@@H]2CCCN2C(=O)c2sccc2C#N)cn1. The standard InChI is InChI=1S/C14H14N4OS/c1-17-9-11(8-16-17)12-3-2-5-18(12)14(19)13-10(7-15)4-6-20-13/h4,6,8-9,12H,2-3,5H2,1H3/t12-/m0/s1. The van der Waals surface area contributed by atoms with Crippen LogP contribution in [0.15, 0.2) is 23.8 Å². The van der Waals surface area contributed by atoms with E-state index in [4.69, 9.17) is 5.26 Å². The predicted octanol–water partition coefficient (Wildman–Crippen LogP) is 2.33. The Balaban J connectivity index is 1.89. The number of hydrogen-bond acceptors (Lipinski definition) is 4. The summed E-state index contributed by atoms with van der Waals surface area (Å²) in [5.41, 5.74) is 1.53. The summed E-state index contributed by atoms with van der Waals surface area (Å²) < 4.78 is 1.75. The highest BCUT2D eigenvalue weighted by Gasteiger charge is 2.32. The van der Waals surface area contributed by atoms with Crippen molar-refractivity contribution in [2.75, 3.05) is 6.54 Å². The number of aromatic nitrogens is 2. The Labute approximate surface area is 121 Å². The highest BCUT2D eigenvalue weighted by Crippen LogP contribution is 2.34. The largest absolute Gasteiger partial charge is 0.331 e. The van der Waals surface area contributed by atoms with Crippen LogP contribution in [0.1, 0.15) is 39.7 Å². The van der Waals surface area contributed by atoms with Gasteiger partial charge in [-0.3, -0.25) is 9.48 Å². The second-order valence-corrected chi connectivity index (χ2v) is 5.80. The zero-order chi connectivity index (χ0) is 14.1. The molecule has 0 spiro atoms. The molecular formula is C14H14N4OS. The van der Waals surface area contributed by atoms with Crippen LogP contribution in [0, 0.1) is 11.3 Å². The molecule has 0 aromatic carbocycles. The van der Waals surface area contributed by atoms with E-state index in [0.717, 1.165) is 24.9 Å². The van der Waals surface area contributed by atoms with Crippen LogP contribution in [-0.2, 0) is 7.05 Å². The Morgan fingerprint density at radius 3 is 3.15 bits per heavy atom. The first-order valence-electron chi connectivity index (χ1n) is 6.48.